The lowest BCUT2D eigenvalue weighted by Crippen LogP contribution is -1.96. The van der Waals surface area contributed by atoms with Crippen molar-refractivity contribution in [1.82, 2.24) is 14.5 Å². The van der Waals surface area contributed by atoms with Gasteiger partial charge in [0.25, 0.3) is 0 Å². The molecule has 296 valence electrons. The van der Waals surface area contributed by atoms with Crippen molar-refractivity contribution >= 4 is 87.1 Å². The first kappa shape index (κ1) is 35.0. The number of aromatic nitrogens is 3. The summed E-state index contributed by atoms with van der Waals surface area (Å²) in [5, 5.41) is 13.6. The maximum atomic E-state index is 6.36. The Morgan fingerprint density at radius 1 is 0.344 bits per heavy atom. The predicted molar refractivity (Wildman–Crippen MR) is 267 cm³/mol. The van der Waals surface area contributed by atoms with Gasteiger partial charge in [-0.15, -0.1) is 0 Å². The maximum Gasteiger partial charge on any atom is 0.246 e. The molecule has 3 heterocycles. The molecule has 0 saturated heterocycles. The molecule has 0 saturated carbocycles. The van der Waals surface area contributed by atoms with Crippen LogP contribution in [0.4, 0.5) is 0 Å². The highest BCUT2D eigenvalue weighted by Gasteiger charge is 2.23. The summed E-state index contributed by atoms with van der Waals surface area (Å²) in [6.07, 6.45) is 0. The molecule has 14 rings (SSSR count). The van der Waals surface area contributed by atoms with E-state index in [9.17, 15) is 0 Å². The van der Waals surface area contributed by atoms with Crippen LogP contribution < -0.4 is 0 Å². The van der Waals surface area contributed by atoms with Crippen LogP contribution in [0.15, 0.2) is 217 Å². The monoisotopic (exact) mass is 813 g/mol. The lowest BCUT2D eigenvalue weighted by Gasteiger charge is -2.15. The van der Waals surface area contributed by atoms with Gasteiger partial charge in [-0.1, -0.05) is 176 Å². The first-order valence-corrected chi connectivity index (χ1v) is 21.8. The van der Waals surface area contributed by atoms with Crippen molar-refractivity contribution in [2.45, 2.75) is 0 Å². The summed E-state index contributed by atoms with van der Waals surface area (Å²) < 4.78 is 8.83. The Labute approximate surface area is 367 Å². The number of para-hydroxylation sites is 1. The van der Waals surface area contributed by atoms with Crippen molar-refractivity contribution in [3.8, 4) is 50.5 Å². The zero-order chi connectivity index (χ0) is 41.9. The van der Waals surface area contributed by atoms with Crippen molar-refractivity contribution in [2.24, 2.45) is 0 Å². The van der Waals surface area contributed by atoms with E-state index in [1.54, 1.807) is 0 Å². The van der Waals surface area contributed by atoms with Crippen LogP contribution in [-0.2, 0) is 0 Å². The van der Waals surface area contributed by atoms with Crippen molar-refractivity contribution in [3.63, 3.8) is 0 Å². The fourth-order valence-electron chi connectivity index (χ4n) is 10.5. The third-order valence-corrected chi connectivity index (χ3v) is 13.4. The van der Waals surface area contributed by atoms with Gasteiger partial charge >= 0.3 is 0 Å². The van der Waals surface area contributed by atoms with E-state index in [4.69, 9.17) is 14.4 Å². The number of hydrogen-bond donors (Lipinski definition) is 0. The summed E-state index contributed by atoms with van der Waals surface area (Å²) >= 11 is 0. The molecule has 0 atom stereocenters. The standard InChI is InChI=1S/C60H35N3O/c1-2-14-37(15-3-1)42-32-33-49(45-21-7-6-20-44(42)45)58-57(61-59-50-24-10-11-27-53(50)64-60(59)62-58)38-30-28-36(29-31-38)39-17-12-18-41(34-39)63-51-26-13-25-48-46-22-8-9-23-47(46)54-43-19-5-4-16-40(43)35-52(63)56(54)55(48)51/h1-35H. The van der Waals surface area contributed by atoms with Crippen LogP contribution in [0.1, 0.15) is 0 Å². The van der Waals surface area contributed by atoms with Crippen LogP contribution in [0.2, 0.25) is 0 Å². The molecule has 3 aromatic heterocycles. The van der Waals surface area contributed by atoms with Crippen molar-refractivity contribution in [3.05, 3.63) is 212 Å². The van der Waals surface area contributed by atoms with Crippen molar-refractivity contribution in [1.29, 1.82) is 0 Å². The minimum atomic E-state index is 0.529. The number of benzene rings is 11. The fourth-order valence-corrected chi connectivity index (χ4v) is 10.5. The molecule has 0 amide bonds. The van der Waals surface area contributed by atoms with E-state index in [0.29, 0.717) is 5.71 Å². The van der Waals surface area contributed by atoms with Gasteiger partial charge in [-0.05, 0) is 96.4 Å². The third-order valence-electron chi connectivity index (χ3n) is 13.4. The van der Waals surface area contributed by atoms with Crippen molar-refractivity contribution < 1.29 is 4.42 Å². The summed E-state index contributed by atoms with van der Waals surface area (Å²) in [4.78, 5) is 10.7. The van der Waals surface area contributed by atoms with Gasteiger partial charge in [0.15, 0.2) is 0 Å². The molecule has 0 aliphatic rings. The highest BCUT2D eigenvalue weighted by Crippen LogP contribution is 2.47. The summed E-state index contributed by atoms with van der Waals surface area (Å²) in [5.74, 6) is 0. The minimum absolute atomic E-state index is 0.529. The molecule has 0 fully saturated rings. The maximum absolute atomic E-state index is 6.36. The Morgan fingerprint density at radius 3 is 1.81 bits per heavy atom. The second kappa shape index (κ2) is 13.4. The molecule has 4 heteroatoms. The molecule has 0 spiro atoms. The lowest BCUT2D eigenvalue weighted by atomic mass is 9.91. The molecule has 11 aromatic carbocycles. The topological polar surface area (TPSA) is 43.9 Å². The molecule has 0 aliphatic heterocycles. The molecular weight excluding hydrogens is 779 g/mol. The van der Waals surface area contributed by atoms with E-state index >= 15 is 0 Å². The molecule has 0 aliphatic carbocycles. The van der Waals surface area contributed by atoms with Gasteiger partial charge in [0.1, 0.15) is 16.8 Å². The van der Waals surface area contributed by atoms with Crippen LogP contribution in [-0.4, -0.2) is 14.5 Å². The lowest BCUT2D eigenvalue weighted by molar-refractivity contribution is 0.653. The Hall–Kier alpha value is -8.60. The predicted octanol–water partition coefficient (Wildman–Crippen LogP) is 16.2. The average molecular weight is 814 g/mol. The van der Waals surface area contributed by atoms with Crippen LogP contribution in [0, 0.1) is 0 Å². The highest BCUT2D eigenvalue weighted by molar-refractivity contribution is 6.39. The fraction of sp³-hybridized carbons (Fsp3) is 0. The van der Waals surface area contributed by atoms with E-state index in [0.717, 1.165) is 66.6 Å². The zero-order valence-corrected chi connectivity index (χ0v) is 34.5. The normalized spacial score (nSPS) is 12.1. The smallest absolute Gasteiger partial charge is 0.246 e. The second-order valence-corrected chi connectivity index (χ2v) is 16.8. The number of fused-ring (bicyclic) bond motifs is 9. The quantitative estimate of drug-likeness (QED) is 0.163. The summed E-state index contributed by atoms with van der Waals surface area (Å²) in [6.45, 7) is 0. The van der Waals surface area contributed by atoms with Gasteiger partial charge in [-0.3, -0.25) is 0 Å². The zero-order valence-electron chi connectivity index (χ0n) is 34.5. The second-order valence-electron chi connectivity index (χ2n) is 16.8. The Morgan fingerprint density at radius 2 is 0.969 bits per heavy atom. The Bertz CT molecular complexity index is 4170. The number of nitrogens with zero attached hydrogens (tertiary/aromatic N) is 3. The largest absolute Gasteiger partial charge is 0.436 e. The molecule has 0 unspecified atom stereocenters. The van der Waals surface area contributed by atoms with Crippen LogP contribution in [0.5, 0.6) is 0 Å². The highest BCUT2D eigenvalue weighted by atomic mass is 16.3. The summed E-state index contributed by atoms with van der Waals surface area (Å²) in [7, 11) is 0. The minimum Gasteiger partial charge on any atom is -0.436 e. The van der Waals surface area contributed by atoms with E-state index in [1.165, 1.54) is 65.3 Å². The molecule has 64 heavy (non-hydrogen) atoms. The average Bonchev–Trinajstić information content (AvgIpc) is 3.90. The first-order valence-electron chi connectivity index (χ1n) is 21.8. The van der Waals surface area contributed by atoms with Gasteiger partial charge in [-0.2, -0.15) is 0 Å². The summed E-state index contributed by atoms with van der Waals surface area (Å²) in [6, 6.07) is 76.2. The van der Waals surface area contributed by atoms with E-state index in [-0.39, 0.29) is 0 Å². The SMILES string of the molecule is c1ccc(-c2ccc(-c3nc4oc5ccccc5c4nc3-c3ccc(-c4cccc(-n5c6cccc7c8ccccc8c8c9ccccc9cc5c8c76)c4)cc3)c3ccccc23)cc1. The van der Waals surface area contributed by atoms with Gasteiger partial charge in [0, 0.05) is 38.4 Å². The molecule has 0 radical (unpaired) electrons. The number of hydrogen-bond acceptors (Lipinski definition) is 3. The van der Waals surface area contributed by atoms with Crippen LogP contribution in [0.25, 0.3) is 138 Å². The summed E-state index contributed by atoms with van der Waals surface area (Å²) in [5.41, 5.74) is 13.8. The first-order chi connectivity index (χ1) is 31.7. The molecule has 4 nitrogen and oxygen atoms in total. The van der Waals surface area contributed by atoms with E-state index < -0.39 is 0 Å². The number of furan rings is 1. The molecule has 0 bridgehead atoms. The van der Waals surface area contributed by atoms with Gasteiger partial charge < -0.3 is 8.98 Å². The number of rotatable bonds is 5. The van der Waals surface area contributed by atoms with Gasteiger partial charge in [0.05, 0.1) is 16.7 Å². The van der Waals surface area contributed by atoms with Crippen molar-refractivity contribution in [2.75, 3.05) is 0 Å². The molecule has 14 aromatic rings. The van der Waals surface area contributed by atoms with Gasteiger partial charge in [-0.25, -0.2) is 9.97 Å². The molecule has 0 N–H and O–H groups in total. The Balaban J connectivity index is 0.936. The van der Waals surface area contributed by atoms with Gasteiger partial charge in [0.2, 0.25) is 5.71 Å². The third kappa shape index (κ3) is 5.05. The molecular formula is C60H35N3O. The van der Waals surface area contributed by atoms with Crippen LogP contribution in [0.3, 0.4) is 0 Å². The van der Waals surface area contributed by atoms with Crippen LogP contribution >= 0.6 is 0 Å². The van der Waals surface area contributed by atoms with E-state index in [1.807, 2.05) is 18.2 Å². The Kier molecular flexibility index (Phi) is 7.36. The van der Waals surface area contributed by atoms with E-state index in [2.05, 4.69) is 199 Å².